The number of rotatable bonds is 1. The predicted octanol–water partition coefficient (Wildman–Crippen LogP) is 1.95. The Labute approximate surface area is 101 Å². The second-order valence-electron chi connectivity index (χ2n) is 4.42. The van der Waals surface area contributed by atoms with Gasteiger partial charge in [-0.1, -0.05) is 12.1 Å². The topological polar surface area (TPSA) is 35.5 Å². The van der Waals surface area contributed by atoms with Crippen molar-refractivity contribution in [3.8, 4) is 5.75 Å². The Morgan fingerprint density at radius 3 is 2.71 bits per heavy atom. The molecule has 3 heteroatoms. The first kappa shape index (κ1) is 10.4. The highest BCUT2D eigenvalue weighted by atomic mass is 16.3. The molecule has 0 amide bonds. The molecule has 1 aliphatic rings. The van der Waals surface area contributed by atoms with Crippen molar-refractivity contribution < 1.29 is 5.11 Å². The monoisotopic (exact) mass is 228 g/mol. The zero-order valence-electron chi connectivity index (χ0n) is 9.69. The molecule has 0 unspecified atom stereocenters. The smallest absolute Gasteiger partial charge is 0.116 e. The van der Waals surface area contributed by atoms with Crippen molar-refractivity contribution in [1.82, 2.24) is 5.32 Å². The van der Waals surface area contributed by atoms with Crippen molar-refractivity contribution in [3.05, 3.63) is 36.4 Å². The van der Waals surface area contributed by atoms with Gasteiger partial charge in [-0.25, -0.2) is 0 Å². The molecule has 0 bridgehead atoms. The minimum absolute atomic E-state index is 0.329. The standard InChI is InChI=1S/C14H16N2O/c17-12-4-5-13-11(10-12)2-1-3-14(13)16-8-6-15-7-9-16/h1-5,10,15,17H,6-9H2. The van der Waals surface area contributed by atoms with Gasteiger partial charge in [0.25, 0.3) is 0 Å². The molecule has 0 spiro atoms. The van der Waals surface area contributed by atoms with Crippen LogP contribution in [0.4, 0.5) is 5.69 Å². The Balaban J connectivity index is 2.09. The van der Waals surface area contributed by atoms with E-state index in [4.69, 9.17) is 0 Å². The summed E-state index contributed by atoms with van der Waals surface area (Å²) in [5, 5.41) is 15.2. The molecular weight excluding hydrogens is 212 g/mol. The minimum Gasteiger partial charge on any atom is -0.508 e. The maximum Gasteiger partial charge on any atom is 0.116 e. The molecule has 2 aromatic rings. The quantitative estimate of drug-likeness (QED) is 0.783. The molecule has 1 saturated heterocycles. The Bertz CT molecular complexity index is 533. The van der Waals surface area contributed by atoms with Crippen LogP contribution in [0.5, 0.6) is 5.75 Å². The lowest BCUT2D eigenvalue weighted by Gasteiger charge is -2.30. The molecule has 0 atom stereocenters. The average molecular weight is 228 g/mol. The first-order valence-electron chi connectivity index (χ1n) is 6.02. The lowest BCUT2D eigenvalue weighted by Crippen LogP contribution is -2.43. The van der Waals surface area contributed by atoms with Gasteiger partial charge in [0.1, 0.15) is 5.75 Å². The molecule has 0 saturated carbocycles. The maximum absolute atomic E-state index is 9.51. The number of hydrogen-bond donors (Lipinski definition) is 2. The normalized spacial score (nSPS) is 16.4. The fraction of sp³-hybridized carbons (Fsp3) is 0.286. The van der Waals surface area contributed by atoms with E-state index in [0.717, 1.165) is 31.6 Å². The van der Waals surface area contributed by atoms with Crippen molar-refractivity contribution in [2.24, 2.45) is 0 Å². The van der Waals surface area contributed by atoms with Crippen LogP contribution in [0.25, 0.3) is 10.8 Å². The largest absolute Gasteiger partial charge is 0.508 e. The summed E-state index contributed by atoms with van der Waals surface area (Å²) in [6.45, 7) is 4.16. The van der Waals surface area contributed by atoms with Gasteiger partial charge in [-0.2, -0.15) is 0 Å². The molecule has 88 valence electrons. The summed E-state index contributed by atoms with van der Waals surface area (Å²) >= 11 is 0. The third-order valence-electron chi connectivity index (χ3n) is 3.30. The van der Waals surface area contributed by atoms with Gasteiger partial charge in [0.15, 0.2) is 0 Å². The van der Waals surface area contributed by atoms with E-state index in [1.54, 1.807) is 6.07 Å². The summed E-state index contributed by atoms with van der Waals surface area (Å²) in [5.74, 6) is 0.329. The Morgan fingerprint density at radius 1 is 1.06 bits per heavy atom. The number of aromatic hydroxyl groups is 1. The summed E-state index contributed by atoms with van der Waals surface area (Å²) in [6, 6.07) is 11.8. The van der Waals surface area contributed by atoms with E-state index in [0.29, 0.717) is 5.75 Å². The SMILES string of the molecule is Oc1ccc2c(N3CCNCC3)cccc2c1. The van der Waals surface area contributed by atoms with Gasteiger partial charge in [0, 0.05) is 37.3 Å². The highest BCUT2D eigenvalue weighted by Gasteiger charge is 2.12. The summed E-state index contributed by atoms with van der Waals surface area (Å²) in [7, 11) is 0. The number of phenols is 1. The molecule has 0 aliphatic carbocycles. The van der Waals surface area contributed by atoms with E-state index in [1.807, 2.05) is 18.2 Å². The van der Waals surface area contributed by atoms with Crippen molar-refractivity contribution in [3.63, 3.8) is 0 Å². The third kappa shape index (κ3) is 1.94. The second-order valence-corrected chi connectivity index (χ2v) is 4.42. The van der Waals surface area contributed by atoms with Crippen LogP contribution in [0.3, 0.4) is 0 Å². The highest BCUT2D eigenvalue weighted by Crippen LogP contribution is 2.29. The second kappa shape index (κ2) is 4.26. The Hall–Kier alpha value is -1.74. The van der Waals surface area contributed by atoms with Crippen molar-refractivity contribution >= 4 is 16.5 Å². The number of benzene rings is 2. The molecule has 2 N–H and O–H groups in total. The molecule has 0 radical (unpaired) electrons. The van der Waals surface area contributed by atoms with Gasteiger partial charge in [-0.05, 0) is 29.7 Å². The molecule has 1 fully saturated rings. The van der Waals surface area contributed by atoms with Gasteiger partial charge >= 0.3 is 0 Å². The summed E-state index contributed by atoms with van der Waals surface area (Å²) < 4.78 is 0. The first-order chi connectivity index (χ1) is 8.34. The van der Waals surface area contributed by atoms with Crippen LogP contribution in [0.2, 0.25) is 0 Å². The van der Waals surface area contributed by atoms with Gasteiger partial charge < -0.3 is 15.3 Å². The number of fused-ring (bicyclic) bond motifs is 1. The number of hydrogen-bond acceptors (Lipinski definition) is 3. The van der Waals surface area contributed by atoms with Gasteiger partial charge in [-0.15, -0.1) is 0 Å². The molecular formula is C14H16N2O. The summed E-state index contributed by atoms with van der Waals surface area (Å²) in [4.78, 5) is 2.40. The van der Waals surface area contributed by atoms with Crippen LogP contribution in [0.1, 0.15) is 0 Å². The van der Waals surface area contributed by atoms with Crippen LogP contribution in [0, 0.1) is 0 Å². The van der Waals surface area contributed by atoms with Crippen LogP contribution >= 0.6 is 0 Å². The van der Waals surface area contributed by atoms with Crippen LogP contribution in [0.15, 0.2) is 36.4 Å². The van der Waals surface area contributed by atoms with E-state index < -0.39 is 0 Å². The van der Waals surface area contributed by atoms with Crippen molar-refractivity contribution in [2.45, 2.75) is 0 Å². The number of piperazine rings is 1. The van der Waals surface area contributed by atoms with E-state index in [1.165, 1.54) is 11.1 Å². The maximum atomic E-state index is 9.51. The predicted molar refractivity (Wildman–Crippen MR) is 70.7 cm³/mol. The fourth-order valence-electron chi connectivity index (χ4n) is 2.44. The molecule has 3 nitrogen and oxygen atoms in total. The third-order valence-corrected chi connectivity index (χ3v) is 3.30. The molecule has 1 aliphatic heterocycles. The number of nitrogens with one attached hydrogen (secondary N) is 1. The van der Waals surface area contributed by atoms with Crippen molar-refractivity contribution in [2.75, 3.05) is 31.1 Å². The van der Waals surface area contributed by atoms with Crippen molar-refractivity contribution in [1.29, 1.82) is 0 Å². The molecule has 0 aromatic heterocycles. The van der Waals surface area contributed by atoms with Crippen LogP contribution in [-0.4, -0.2) is 31.3 Å². The molecule has 17 heavy (non-hydrogen) atoms. The van der Waals surface area contributed by atoms with Crippen LogP contribution in [-0.2, 0) is 0 Å². The zero-order chi connectivity index (χ0) is 11.7. The van der Waals surface area contributed by atoms with Gasteiger partial charge in [-0.3, -0.25) is 0 Å². The molecule has 3 rings (SSSR count). The fourth-order valence-corrected chi connectivity index (χ4v) is 2.44. The molecule has 1 heterocycles. The Kier molecular flexibility index (Phi) is 2.61. The molecule has 2 aromatic carbocycles. The minimum atomic E-state index is 0.329. The number of phenolic OH excluding ortho intramolecular Hbond substituents is 1. The van der Waals surface area contributed by atoms with E-state index >= 15 is 0 Å². The average Bonchev–Trinajstić information content (AvgIpc) is 2.39. The highest BCUT2D eigenvalue weighted by molar-refractivity contribution is 5.95. The van der Waals surface area contributed by atoms with E-state index in [-0.39, 0.29) is 0 Å². The summed E-state index contributed by atoms with van der Waals surface area (Å²) in [6.07, 6.45) is 0. The number of anilines is 1. The van der Waals surface area contributed by atoms with E-state index in [2.05, 4.69) is 22.3 Å². The summed E-state index contributed by atoms with van der Waals surface area (Å²) in [5.41, 5.74) is 1.27. The zero-order valence-corrected chi connectivity index (χ0v) is 9.69. The van der Waals surface area contributed by atoms with E-state index in [9.17, 15) is 5.11 Å². The lowest BCUT2D eigenvalue weighted by molar-refractivity contribution is 0.476. The van der Waals surface area contributed by atoms with Crippen LogP contribution < -0.4 is 10.2 Å². The van der Waals surface area contributed by atoms with Gasteiger partial charge in [0.2, 0.25) is 0 Å². The number of nitrogens with zero attached hydrogens (tertiary/aromatic N) is 1. The Morgan fingerprint density at radius 2 is 1.88 bits per heavy atom. The lowest BCUT2D eigenvalue weighted by atomic mass is 10.1. The van der Waals surface area contributed by atoms with Gasteiger partial charge in [0.05, 0.1) is 0 Å². The first-order valence-corrected chi connectivity index (χ1v) is 6.02.